The van der Waals surface area contributed by atoms with Crippen molar-refractivity contribution in [1.29, 1.82) is 0 Å². The van der Waals surface area contributed by atoms with Crippen LogP contribution in [0.3, 0.4) is 0 Å². The molecule has 0 bridgehead atoms. The number of rotatable bonds is 0. The summed E-state index contributed by atoms with van der Waals surface area (Å²) in [5, 5.41) is 20.6. The zero-order chi connectivity index (χ0) is 23.8. The number of hydrogen-bond donors (Lipinski definition) is 0. The molecule has 37 heavy (non-hydrogen) atoms. The molecular formula is C37H20. The summed E-state index contributed by atoms with van der Waals surface area (Å²) in [5.74, 6) is 0.358. The third-order valence-corrected chi connectivity index (χ3v) is 9.11. The molecule has 2 aliphatic carbocycles. The van der Waals surface area contributed by atoms with Crippen molar-refractivity contribution in [2.24, 2.45) is 5.92 Å². The Morgan fingerprint density at radius 3 is 2.03 bits per heavy atom. The molecule has 0 heteroatoms. The summed E-state index contributed by atoms with van der Waals surface area (Å²) in [7, 11) is 0. The van der Waals surface area contributed by atoms with E-state index < -0.39 is 0 Å². The average Bonchev–Trinajstić information content (AvgIpc) is 2.96. The molecule has 168 valence electrons. The lowest BCUT2D eigenvalue weighted by molar-refractivity contribution is 1.08. The van der Waals surface area contributed by atoms with Crippen molar-refractivity contribution in [1.82, 2.24) is 0 Å². The van der Waals surface area contributed by atoms with Crippen LogP contribution in [-0.4, -0.2) is 0 Å². The normalized spacial score (nSPS) is 17.1. The molecule has 0 saturated heterocycles. The van der Waals surface area contributed by atoms with Gasteiger partial charge < -0.3 is 0 Å². The van der Waals surface area contributed by atoms with Crippen molar-refractivity contribution in [3.05, 3.63) is 120 Å². The fourth-order valence-electron chi connectivity index (χ4n) is 7.62. The van der Waals surface area contributed by atoms with E-state index in [2.05, 4.69) is 115 Å². The van der Waals surface area contributed by atoms with Gasteiger partial charge in [-0.15, -0.1) is 0 Å². The summed E-state index contributed by atoms with van der Waals surface area (Å²) in [6, 6.07) is 30.3. The molecule has 0 fully saturated rings. The lowest BCUT2D eigenvalue weighted by atomic mass is 9.80. The van der Waals surface area contributed by atoms with E-state index in [9.17, 15) is 0 Å². The molecule has 0 radical (unpaired) electrons. The summed E-state index contributed by atoms with van der Waals surface area (Å²) in [6.45, 7) is 0. The van der Waals surface area contributed by atoms with Crippen molar-refractivity contribution in [3.8, 4) is 0 Å². The van der Waals surface area contributed by atoms with Gasteiger partial charge in [0.1, 0.15) is 0 Å². The minimum atomic E-state index is 0.358. The van der Waals surface area contributed by atoms with Crippen LogP contribution in [0.5, 0.6) is 0 Å². The second-order valence-electron chi connectivity index (χ2n) is 10.8. The van der Waals surface area contributed by atoms with E-state index >= 15 is 0 Å². The van der Waals surface area contributed by atoms with Crippen LogP contribution >= 0.6 is 0 Å². The monoisotopic (exact) mass is 464 g/mol. The second kappa shape index (κ2) is 6.17. The topological polar surface area (TPSA) is 0 Å². The first kappa shape index (κ1) is 18.6. The third kappa shape index (κ3) is 2.10. The molecule has 0 aromatic heterocycles. The molecule has 8 aromatic rings. The van der Waals surface area contributed by atoms with E-state index in [-0.39, 0.29) is 0 Å². The minimum Gasteiger partial charge on any atom is -0.0732 e. The summed E-state index contributed by atoms with van der Waals surface area (Å²) in [4.78, 5) is 0. The predicted octanol–water partition coefficient (Wildman–Crippen LogP) is 9.27. The molecule has 2 aliphatic rings. The fourth-order valence-corrected chi connectivity index (χ4v) is 7.62. The molecule has 0 nitrogen and oxygen atoms in total. The molecule has 8 aromatic carbocycles. The SMILES string of the molecule is C1=CC2=c3c(cc4ccc5c6ccc7ccc8cccc9cc(c%10ccc3c4c5%10)c6c7c89)C=CC2C=C1. The van der Waals surface area contributed by atoms with Gasteiger partial charge in [0.15, 0.2) is 0 Å². The van der Waals surface area contributed by atoms with Crippen LogP contribution in [0.4, 0.5) is 0 Å². The quantitative estimate of drug-likeness (QED) is 0.155. The lowest BCUT2D eigenvalue weighted by Crippen LogP contribution is -2.19. The van der Waals surface area contributed by atoms with Gasteiger partial charge in [-0.2, -0.15) is 0 Å². The van der Waals surface area contributed by atoms with Gasteiger partial charge in [0.2, 0.25) is 0 Å². The first-order valence-electron chi connectivity index (χ1n) is 13.2. The molecular weight excluding hydrogens is 444 g/mol. The van der Waals surface area contributed by atoms with Crippen molar-refractivity contribution < 1.29 is 0 Å². The maximum atomic E-state index is 2.45. The average molecular weight is 465 g/mol. The molecule has 0 N–H and O–H groups in total. The molecule has 0 spiro atoms. The van der Waals surface area contributed by atoms with Crippen molar-refractivity contribution in [3.63, 3.8) is 0 Å². The van der Waals surface area contributed by atoms with Gasteiger partial charge in [-0.25, -0.2) is 0 Å². The Labute approximate surface area is 212 Å². The van der Waals surface area contributed by atoms with E-state index in [0.717, 1.165) is 0 Å². The summed E-state index contributed by atoms with van der Waals surface area (Å²) < 4.78 is 0. The summed E-state index contributed by atoms with van der Waals surface area (Å²) in [6.07, 6.45) is 13.6. The standard InChI is InChI=1S/C37H20/c1-2-7-26-20(4-1)8-11-24-18-25-13-15-27-28-14-12-22-10-9-21-5-3-6-23-19-31(37(28)35(22)32(21)23)29-16-17-30(33(24)26)34(25)36(27)29/h1-20H. The molecule has 0 saturated carbocycles. The van der Waals surface area contributed by atoms with Crippen LogP contribution in [-0.2, 0) is 0 Å². The highest BCUT2D eigenvalue weighted by Gasteiger charge is 2.22. The van der Waals surface area contributed by atoms with Gasteiger partial charge in [-0.1, -0.05) is 103 Å². The second-order valence-corrected chi connectivity index (χ2v) is 10.8. The molecule has 0 aliphatic heterocycles. The Balaban J connectivity index is 1.52. The largest absolute Gasteiger partial charge is 0.0732 e. The number of allylic oxidation sites excluding steroid dienone is 5. The van der Waals surface area contributed by atoms with Gasteiger partial charge in [0.05, 0.1) is 0 Å². The first-order valence-corrected chi connectivity index (χ1v) is 13.2. The van der Waals surface area contributed by atoms with Crippen LogP contribution in [0.2, 0.25) is 0 Å². The summed E-state index contributed by atoms with van der Waals surface area (Å²) >= 11 is 0. The van der Waals surface area contributed by atoms with Crippen LogP contribution in [0.1, 0.15) is 5.56 Å². The van der Waals surface area contributed by atoms with Crippen LogP contribution < -0.4 is 5.22 Å². The Bertz CT molecular complexity index is 2450. The smallest absolute Gasteiger partial charge is 0.0211 e. The van der Waals surface area contributed by atoms with E-state index in [1.54, 1.807) is 0 Å². The number of benzene rings is 8. The van der Waals surface area contributed by atoms with Crippen molar-refractivity contribution in [2.45, 2.75) is 0 Å². The summed E-state index contributed by atoms with van der Waals surface area (Å²) in [5.41, 5.74) is 2.75. The highest BCUT2D eigenvalue weighted by molar-refractivity contribution is 6.42. The van der Waals surface area contributed by atoms with Gasteiger partial charge in [0.25, 0.3) is 0 Å². The van der Waals surface area contributed by atoms with Gasteiger partial charge >= 0.3 is 0 Å². The van der Waals surface area contributed by atoms with E-state index in [4.69, 9.17) is 0 Å². The Hall–Kier alpha value is -4.68. The van der Waals surface area contributed by atoms with Gasteiger partial charge in [0, 0.05) is 5.92 Å². The zero-order valence-corrected chi connectivity index (χ0v) is 20.0. The molecule has 0 heterocycles. The van der Waals surface area contributed by atoms with Gasteiger partial charge in [-0.05, 0) is 104 Å². The zero-order valence-electron chi connectivity index (χ0n) is 20.0. The highest BCUT2D eigenvalue weighted by Crippen LogP contribution is 2.47. The number of fused-ring (bicyclic) bond motifs is 5. The van der Waals surface area contributed by atoms with Crippen LogP contribution in [0.15, 0.2) is 109 Å². The minimum absolute atomic E-state index is 0.358. The highest BCUT2D eigenvalue weighted by atomic mass is 14.2. The van der Waals surface area contributed by atoms with E-state index in [0.29, 0.717) is 5.92 Å². The Kier molecular flexibility index (Phi) is 3.10. The number of hydrogen-bond acceptors (Lipinski definition) is 0. The first-order chi connectivity index (χ1) is 18.3. The molecule has 10 rings (SSSR count). The van der Waals surface area contributed by atoms with Gasteiger partial charge in [-0.3, -0.25) is 0 Å². The fraction of sp³-hybridized carbons (Fsp3) is 0.0270. The van der Waals surface area contributed by atoms with Crippen LogP contribution in [0, 0.1) is 5.92 Å². The maximum absolute atomic E-state index is 2.45. The van der Waals surface area contributed by atoms with Crippen molar-refractivity contribution in [2.75, 3.05) is 0 Å². The predicted molar refractivity (Wildman–Crippen MR) is 161 cm³/mol. The Morgan fingerprint density at radius 2 is 1.11 bits per heavy atom. The maximum Gasteiger partial charge on any atom is 0.0211 e. The van der Waals surface area contributed by atoms with Crippen molar-refractivity contribution >= 4 is 87.1 Å². The molecule has 1 unspecified atom stereocenters. The lowest BCUT2D eigenvalue weighted by Gasteiger charge is -2.23. The molecule has 0 amide bonds. The third-order valence-electron chi connectivity index (χ3n) is 9.11. The van der Waals surface area contributed by atoms with E-state index in [1.807, 2.05) is 0 Å². The molecule has 1 atom stereocenters. The van der Waals surface area contributed by atoms with Crippen LogP contribution in [0.25, 0.3) is 87.1 Å². The Morgan fingerprint density at radius 1 is 0.432 bits per heavy atom. The van der Waals surface area contributed by atoms with E-state index in [1.165, 1.54) is 91.8 Å².